The highest BCUT2D eigenvalue weighted by Gasteiger charge is 2.17. The molecule has 0 aliphatic rings. The van der Waals surface area contributed by atoms with E-state index in [0.29, 0.717) is 34.3 Å². The van der Waals surface area contributed by atoms with E-state index in [1.807, 2.05) is 60.7 Å². The molecule has 3 aromatic carbocycles. The summed E-state index contributed by atoms with van der Waals surface area (Å²) in [5, 5.41) is 3.42. The largest absolute Gasteiger partial charge is 0.497 e. The SMILES string of the molecule is COc1ccc(-c2cc(C(=O)OCC(=O)c3ccc(CCCNC(C)=O)cc3)c3ccccc3n2)cc1. The first kappa shape index (κ1) is 25.6. The Bertz CT molecular complexity index is 1410. The number of rotatable bonds is 10. The molecule has 1 N–H and O–H groups in total. The van der Waals surface area contributed by atoms with Crippen LogP contribution in [-0.4, -0.2) is 42.9 Å². The molecule has 4 aromatic rings. The van der Waals surface area contributed by atoms with Crippen molar-refractivity contribution in [1.82, 2.24) is 10.3 Å². The zero-order valence-electron chi connectivity index (χ0n) is 20.8. The van der Waals surface area contributed by atoms with Crippen LogP contribution >= 0.6 is 0 Å². The van der Waals surface area contributed by atoms with Crippen molar-refractivity contribution >= 4 is 28.6 Å². The van der Waals surface area contributed by atoms with Gasteiger partial charge in [0.15, 0.2) is 12.4 Å². The first-order valence-electron chi connectivity index (χ1n) is 12.0. The van der Waals surface area contributed by atoms with Gasteiger partial charge in [-0.1, -0.05) is 42.5 Å². The van der Waals surface area contributed by atoms with E-state index in [-0.39, 0.29) is 18.3 Å². The Kier molecular flexibility index (Phi) is 8.26. The minimum absolute atomic E-state index is 0.0489. The third kappa shape index (κ3) is 6.58. The lowest BCUT2D eigenvalue weighted by Gasteiger charge is -2.10. The van der Waals surface area contributed by atoms with Gasteiger partial charge in [-0.2, -0.15) is 0 Å². The number of methoxy groups -OCH3 is 1. The number of aromatic nitrogens is 1. The number of ether oxygens (including phenoxy) is 2. The predicted octanol–water partition coefficient (Wildman–Crippen LogP) is 5.02. The van der Waals surface area contributed by atoms with E-state index in [2.05, 4.69) is 5.32 Å². The lowest BCUT2D eigenvalue weighted by Crippen LogP contribution is -2.21. The van der Waals surface area contributed by atoms with Crippen LogP contribution in [0.3, 0.4) is 0 Å². The van der Waals surface area contributed by atoms with Gasteiger partial charge in [0.2, 0.25) is 5.91 Å². The zero-order valence-corrected chi connectivity index (χ0v) is 20.8. The van der Waals surface area contributed by atoms with Crippen LogP contribution in [0.4, 0.5) is 0 Å². The number of nitrogens with zero attached hydrogens (tertiary/aromatic N) is 1. The Labute approximate surface area is 215 Å². The fraction of sp³-hybridized carbons (Fsp3) is 0.200. The molecule has 188 valence electrons. The van der Waals surface area contributed by atoms with Crippen molar-refractivity contribution < 1.29 is 23.9 Å². The number of hydrogen-bond donors (Lipinski definition) is 1. The summed E-state index contributed by atoms with van der Waals surface area (Å²) in [6.07, 6.45) is 1.60. The molecule has 37 heavy (non-hydrogen) atoms. The average Bonchev–Trinajstić information content (AvgIpc) is 2.93. The van der Waals surface area contributed by atoms with Gasteiger partial charge in [0.05, 0.1) is 23.9 Å². The van der Waals surface area contributed by atoms with E-state index in [4.69, 9.17) is 14.5 Å². The maximum atomic E-state index is 13.1. The minimum Gasteiger partial charge on any atom is -0.497 e. The number of ketones is 1. The molecule has 4 rings (SSSR count). The molecular formula is C30H28N2O5. The van der Waals surface area contributed by atoms with Crippen molar-refractivity contribution in [2.24, 2.45) is 0 Å². The molecule has 0 saturated carbocycles. The first-order chi connectivity index (χ1) is 17.9. The number of para-hydroxylation sites is 1. The standard InChI is InChI=1S/C30H28N2O5/c1-20(33)31-17-5-6-21-9-11-23(12-10-21)29(34)19-37-30(35)26-18-28(22-13-15-24(36-2)16-14-22)32-27-8-4-3-7-25(26)27/h3-4,7-16,18H,5-6,17,19H2,1-2H3,(H,31,33). The van der Waals surface area contributed by atoms with Crippen LogP contribution < -0.4 is 10.1 Å². The van der Waals surface area contributed by atoms with E-state index in [1.54, 1.807) is 25.3 Å². The fourth-order valence-electron chi connectivity index (χ4n) is 3.96. The molecule has 7 nitrogen and oxygen atoms in total. The number of esters is 1. The summed E-state index contributed by atoms with van der Waals surface area (Å²) in [6, 6.07) is 23.6. The average molecular weight is 497 g/mol. The van der Waals surface area contributed by atoms with Gasteiger partial charge in [0.25, 0.3) is 0 Å². The number of nitrogens with one attached hydrogen (secondary N) is 1. The van der Waals surface area contributed by atoms with Gasteiger partial charge in [0.1, 0.15) is 5.75 Å². The summed E-state index contributed by atoms with van der Waals surface area (Å²) in [5.41, 5.74) is 3.98. The third-order valence-corrected chi connectivity index (χ3v) is 5.95. The van der Waals surface area contributed by atoms with Crippen molar-refractivity contribution in [3.05, 3.63) is 95.6 Å². The van der Waals surface area contributed by atoms with Crippen molar-refractivity contribution in [3.63, 3.8) is 0 Å². The van der Waals surface area contributed by atoms with Gasteiger partial charge >= 0.3 is 5.97 Å². The molecule has 1 aromatic heterocycles. The van der Waals surface area contributed by atoms with Crippen LogP contribution in [0.2, 0.25) is 0 Å². The number of carbonyl (C=O) groups is 3. The van der Waals surface area contributed by atoms with Crippen LogP contribution in [0.25, 0.3) is 22.2 Å². The van der Waals surface area contributed by atoms with Crippen LogP contribution in [0.5, 0.6) is 5.75 Å². The lowest BCUT2D eigenvalue weighted by atomic mass is 10.0. The van der Waals surface area contributed by atoms with E-state index >= 15 is 0 Å². The van der Waals surface area contributed by atoms with Crippen molar-refractivity contribution in [2.75, 3.05) is 20.3 Å². The number of amides is 1. The van der Waals surface area contributed by atoms with Crippen molar-refractivity contribution in [3.8, 4) is 17.0 Å². The van der Waals surface area contributed by atoms with Crippen molar-refractivity contribution in [2.45, 2.75) is 19.8 Å². The number of aryl methyl sites for hydroxylation is 1. The van der Waals surface area contributed by atoms with Gasteiger partial charge in [0, 0.05) is 30.0 Å². The summed E-state index contributed by atoms with van der Waals surface area (Å²) in [7, 11) is 1.60. The fourth-order valence-corrected chi connectivity index (χ4v) is 3.96. The summed E-state index contributed by atoms with van der Waals surface area (Å²) in [5.74, 6) is -0.198. The van der Waals surface area contributed by atoms with Crippen LogP contribution in [0, 0.1) is 0 Å². The Hall–Kier alpha value is -4.52. The normalized spacial score (nSPS) is 10.6. The quantitative estimate of drug-likeness (QED) is 0.188. The minimum atomic E-state index is -0.587. The van der Waals surface area contributed by atoms with E-state index in [1.165, 1.54) is 6.92 Å². The van der Waals surface area contributed by atoms with E-state index in [9.17, 15) is 14.4 Å². The Morgan fingerprint density at radius 3 is 2.35 bits per heavy atom. The van der Waals surface area contributed by atoms with Gasteiger partial charge in [-0.05, 0) is 54.8 Å². The van der Waals surface area contributed by atoms with Gasteiger partial charge < -0.3 is 14.8 Å². The second kappa shape index (κ2) is 11.9. The summed E-state index contributed by atoms with van der Waals surface area (Å²) in [4.78, 5) is 41.4. The Balaban J connectivity index is 1.45. The molecule has 1 heterocycles. The zero-order chi connectivity index (χ0) is 26.2. The first-order valence-corrected chi connectivity index (χ1v) is 12.0. The molecule has 0 radical (unpaired) electrons. The Morgan fingerprint density at radius 2 is 1.65 bits per heavy atom. The number of hydrogen-bond acceptors (Lipinski definition) is 6. The maximum absolute atomic E-state index is 13.1. The molecule has 0 aliphatic carbocycles. The number of pyridine rings is 1. The van der Waals surface area contributed by atoms with Gasteiger partial charge in [-0.3, -0.25) is 9.59 Å². The molecule has 1 amide bonds. The maximum Gasteiger partial charge on any atom is 0.339 e. The van der Waals surface area contributed by atoms with E-state index < -0.39 is 5.97 Å². The monoisotopic (exact) mass is 496 g/mol. The van der Waals surface area contributed by atoms with Gasteiger partial charge in [-0.15, -0.1) is 0 Å². The van der Waals surface area contributed by atoms with Crippen LogP contribution in [0.1, 0.15) is 39.6 Å². The second-order valence-electron chi connectivity index (χ2n) is 8.58. The number of Topliss-reactive ketones (excluding diaryl/α,β-unsaturated/α-hetero) is 1. The molecular weight excluding hydrogens is 468 g/mol. The summed E-state index contributed by atoms with van der Waals surface area (Å²) < 4.78 is 10.7. The predicted molar refractivity (Wildman–Crippen MR) is 142 cm³/mol. The van der Waals surface area contributed by atoms with Crippen LogP contribution in [0.15, 0.2) is 78.9 Å². The van der Waals surface area contributed by atoms with E-state index in [0.717, 1.165) is 29.7 Å². The molecule has 0 unspecified atom stereocenters. The Morgan fingerprint density at radius 1 is 0.919 bits per heavy atom. The van der Waals surface area contributed by atoms with Crippen molar-refractivity contribution in [1.29, 1.82) is 0 Å². The molecule has 0 atom stereocenters. The smallest absolute Gasteiger partial charge is 0.339 e. The molecule has 0 spiro atoms. The van der Waals surface area contributed by atoms with Crippen LogP contribution in [-0.2, 0) is 16.0 Å². The molecule has 0 saturated heterocycles. The topological polar surface area (TPSA) is 94.6 Å². The second-order valence-corrected chi connectivity index (χ2v) is 8.58. The summed E-state index contributed by atoms with van der Waals surface area (Å²) >= 11 is 0. The van der Waals surface area contributed by atoms with Gasteiger partial charge in [-0.25, -0.2) is 9.78 Å². The highest BCUT2D eigenvalue weighted by Crippen LogP contribution is 2.27. The highest BCUT2D eigenvalue weighted by molar-refractivity contribution is 6.06. The molecule has 0 fully saturated rings. The number of benzene rings is 3. The lowest BCUT2D eigenvalue weighted by molar-refractivity contribution is -0.118. The number of fused-ring (bicyclic) bond motifs is 1. The molecule has 0 aliphatic heterocycles. The third-order valence-electron chi connectivity index (χ3n) is 5.95. The summed E-state index contributed by atoms with van der Waals surface area (Å²) in [6.45, 7) is 1.73. The highest BCUT2D eigenvalue weighted by atomic mass is 16.5. The molecule has 0 bridgehead atoms. The number of carbonyl (C=O) groups excluding carboxylic acids is 3. The molecule has 7 heteroatoms.